The zero-order valence-corrected chi connectivity index (χ0v) is 24.7. The van der Waals surface area contributed by atoms with Gasteiger partial charge in [0.15, 0.2) is 0 Å². The van der Waals surface area contributed by atoms with Gasteiger partial charge in [-0.2, -0.15) is 0 Å². The number of unbranched alkanes of at least 4 members (excludes halogenated alkanes) is 5. The van der Waals surface area contributed by atoms with E-state index in [1.807, 2.05) is 0 Å². The van der Waals surface area contributed by atoms with E-state index in [1.54, 1.807) is 52.5 Å². The molecule has 0 aliphatic heterocycles. The fourth-order valence-electron chi connectivity index (χ4n) is 4.74. The van der Waals surface area contributed by atoms with Gasteiger partial charge in [-0.15, -0.1) is 0 Å². The van der Waals surface area contributed by atoms with Crippen LogP contribution < -0.4 is 0 Å². The van der Waals surface area contributed by atoms with E-state index < -0.39 is 0 Å². The van der Waals surface area contributed by atoms with E-state index in [1.165, 1.54) is 70.6 Å². The first-order chi connectivity index (χ1) is 15.7. The van der Waals surface area contributed by atoms with E-state index in [4.69, 9.17) is 0 Å². The topological polar surface area (TPSA) is 0 Å². The molecule has 0 unspecified atom stereocenters. The molecule has 0 bridgehead atoms. The summed E-state index contributed by atoms with van der Waals surface area (Å²) in [6.07, 6.45) is 14.6. The molecule has 0 aliphatic carbocycles. The van der Waals surface area contributed by atoms with Crippen LogP contribution in [0.4, 0.5) is 0 Å². The van der Waals surface area contributed by atoms with Crippen molar-refractivity contribution < 1.29 is 0 Å². The minimum absolute atomic E-state index is 0.549. The van der Waals surface area contributed by atoms with Crippen molar-refractivity contribution in [3.8, 4) is 0 Å². The molecule has 32 heavy (non-hydrogen) atoms. The van der Waals surface area contributed by atoms with Crippen molar-refractivity contribution in [1.29, 1.82) is 0 Å². The van der Waals surface area contributed by atoms with Gasteiger partial charge >= 0.3 is 214 Å². The summed E-state index contributed by atoms with van der Waals surface area (Å²) in [7, 11) is 0. The molecule has 4 heterocycles. The van der Waals surface area contributed by atoms with Crippen LogP contribution in [0.5, 0.6) is 0 Å². The Bertz CT molecular complexity index is 1340. The summed E-state index contributed by atoms with van der Waals surface area (Å²) in [5.74, 6) is 0. The number of rotatable bonds is 11. The fourth-order valence-corrected chi connectivity index (χ4v) is 13.4. The third kappa shape index (κ3) is 4.49. The second kappa shape index (κ2) is 10.5. The number of benzene rings is 1. The van der Waals surface area contributed by atoms with Gasteiger partial charge in [-0.3, -0.25) is 0 Å². The minimum atomic E-state index is 0.549. The molecule has 0 spiro atoms. The van der Waals surface area contributed by atoms with E-state index >= 15 is 0 Å². The van der Waals surface area contributed by atoms with Crippen molar-refractivity contribution in [3.05, 3.63) is 32.0 Å². The van der Waals surface area contributed by atoms with Gasteiger partial charge in [-0.05, 0) is 0 Å². The van der Waals surface area contributed by atoms with Crippen LogP contribution in [0.1, 0.15) is 85.9 Å². The molecule has 0 fully saturated rings. The van der Waals surface area contributed by atoms with Crippen molar-refractivity contribution in [2.24, 2.45) is 0 Å². The second-order valence-corrected chi connectivity index (χ2v) is 16.1. The number of thiophene rings is 2. The maximum absolute atomic E-state index is 2.64. The molecule has 0 nitrogen and oxygen atoms in total. The molecule has 0 N–H and O–H groups in total. The monoisotopic (exact) mass is 594 g/mol. The van der Waals surface area contributed by atoms with Gasteiger partial charge < -0.3 is 0 Å². The van der Waals surface area contributed by atoms with Crippen LogP contribution in [0, 0.1) is 0 Å². The molecular formula is C28H34S2Se2. The van der Waals surface area contributed by atoms with Crippen LogP contribution in [0.15, 0.2) is 18.2 Å². The van der Waals surface area contributed by atoms with Gasteiger partial charge in [0.2, 0.25) is 0 Å². The van der Waals surface area contributed by atoms with Crippen molar-refractivity contribution in [1.82, 2.24) is 0 Å². The predicted octanol–water partition coefficient (Wildman–Crippen LogP) is 9.34. The quantitative estimate of drug-likeness (QED) is 0.106. The Morgan fingerprint density at radius 3 is 1.97 bits per heavy atom. The van der Waals surface area contributed by atoms with Crippen LogP contribution in [-0.2, 0) is 19.3 Å². The standard InChI is InChI=1S/C28H34S2Se2/c1-4-7-10-11-12-18-15-23-26(29-18)24-21-16-19(13-8-5-2)31-27(21)28-22(25(24)30-23)17-20(32-28)14-9-6-3/h15-17H,4-14H2,1-3H3. The van der Waals surface area contributed by atoms with Crippen LogP contribution in [-0.4, -0.2) is 29.0 Å². The van der Waals surface area contributed by atoms with Gasteiger partial charge in [0, 0.05) is 0 Å². The molecule has 0 radical (unpaired) electrons. The summed E-state index contributed by atoms with van der Waals surface area (Å²) in [6.45, 7) is 6.96. The van der Waals surface area contributed by atoms with Crippen LogP contribution in [0.3, 0.4) is 0 Å². The first-order valence-corrected chi connectivity index (χ1v) is 17.6. The van der Waals surface area contributed by atoms with Gasteiger partial charge in [-0.25, -0.2) is 0 Å². The van der Waals surface area contributed by atoms with E-state index in [0.29, 0.717) is 29.0 Å². The number of hydrogen-bond acceptors (Lipinski definition) is 2. The molecule has 0 aliphatic rings. The molecule has 5 aromatic rings. The van der Waals surface area contributed by atoms with Gasteiger partial charge in [-0.1, -0.05) is 0 Å². The number of fused-ring (bicyclic) bond motifs is 8. The molecule has 4 heteroatoms. The number of aryl methyl sites for hydroxylation is 3. The molecule has 0 atom stereocenters. The average Bonchev–Trinajstić information content (AvgIpc) is 3.54. The molecule has 1 aromatic carbocycles. The predicted molar refractivity (Wildman–Crippen MR) is 151 cm³/mol. The fraction of sp³-hybridized carbons (Fsp3) is 0.500. The van der Waals surface area contributed by atoms with E-state index in [9.17, 15) is 0 Å². The summed E-state index contributed by atoms with van der Waals surface area (Å²) in [5, 5.41) is 4.90. The van der Waals surface area contributed by atoms with Crippen molar-refractivity contribution in [2.75, 3.05) is 0 Å². The van der Waals surface area contributed by atoms with Crippen LogP contribution >= 0.6 is 22.7 Å². The van der Waals surface area contributed by atoms with Gasteiger partial charge in [0.1, 0.15) is 0 Å². The zero-order valence-electron chi connectivity index (χ0n) is 19.6. The molecular weight excluding hydrogens is 558 g/mol. The Morgan fingerprint density at radius 1 is 0.625 bits per heavy atom. The molecule has 0 saturated carbocycles. The van der Waals surface area contributed by atoms with E-state index in [0.717, 1.165) is 0 Å². The molecule has 4 aromatic heterocycles. The summed E-state index contributed by atoms with van der Waals surface area (Å²) in [6, 6.07) is 7.80. The first-order valence-electron chi connectivity index (χ1n) is 12.5. The Balaban J connectivity index is 1.66. The Kier molecular flexibility index (Phi) is 7.69. The van der Waals surface area contributed by atoms with Gasteiger partial charge in [0.05, 0.1) is 0 Å². The van der Waals surface area contributed by atoms with E-state index in [-0.39, 0.29) is 0 Å². The van der Waals surface area contributed by atoms with Gasteiger partial charge in [0.25, 0.3) is 0 Å². The molecule has 170 valence electrons. The van der Waals surface area contributed by atoms with Crippen molar-refractivity contribution in [3.63, 3.8) is 0 Å². The van der Waals surface area contributed by atoms with Crippen molar-refractivity contribution in [2.45, 2.75) is 91.4 Å². The first kappa shape index (κ1) is 23.4. The Morgan fingerprint density at radius 2 is 1.28 bits per heavy atom. The second-order valence-electron chi connectivity index (χ2n) is 9.14. The average molecular weight is 593 g/mol. The van der Waals surface area contributed by atoms with Crippen LogP contribution in [0.25, 0.3) is 38.8 Å². The van der Waals surface area contributed by atoms with Crippen LogP contribution in [0.2, 0.25) is 0 Å². The van der Waals surface area contributed by atoms with Crippen molar-refractivity contribution >= 4 is 90.5 Å². The molecule has 5 rings (SSSR count). The maximum atomic E-state index is 2.64. The summed E-state index contributed by atoms with van der Waals surface area (Å²) in [4.78, 5) is 1.61. The summed E-state index contributed by atoms with van der Waals surface area (Å²) >= 11 is 5.31. The molecule has 0 saturated heterocycles. The zero-order chi connectivity index (χ0) is 22.1. The third-order valence-electron chi connectivity index (χ3n) is 6.53. The Hall–Kier alpha value is -0.341. The van der Waals surface area contributed by atoms with E-state index in [2.05, 4.69) is 61.6 Å². The summed E-state index contributed by atoms with van der Waals surface area (Å²) < 4.78 is 11.8. The molecule has 0 amide bonds. The number of hydrogen-bond donors (Lipinski definition) is 0. The SMILES string of the molecule is CCCCCCc1cc2sc3c4cc(CCCC)[se]c4c4[se]c(CCCC)cc4c3c2s1. The normalized spacial score (nSPS) is 12.3. The summed E-state index contributed by atoms with van der Waals surface area (Å²) in [5.41, 5.74) is 0. The Labute approximate surface area is 212 Å². The third-order valence-corrected chi connectivity index (χ3v) is 14.8.